The summed E-state index contributed by atoms with van der Waals surface area (Å²) in [6.45, 7) is 1.11. The van der Waals surface area contributed by atoms with E-state index in [0.717, 1.165) is 29.3 Å². The van der Waals surface area contributed by atoms with Crippen LogP contribution in [0.15, 0.2) is 57.8 Å². The molecule has 29 heavy (non-hydrogen) atoms. The van der Waals surface area contributed by atoms with Gasteiger partial charge in [-0.1, -0.05) is 23.4 Å². The quantitative estimate of drug-likeness (QED) is 0.563. The van der Waals surface area contributed by atoms with Crippen LogP contribution in [0.4, 0.5) is 4.39 Å². The first kappa shape index (κ1) is 17.6. The number of amides is 1. The summed E-state index contributed by atoms with van der Waals surface area (Å²) in [5, 5.41) is 5.71. The number of nitrogens with zero attached hydrogens (tertiary/aromatic N) is 2. The highest BCUT2D eigenvalue weighted by molar-refractivity contribution is 6.06. The van der Waals surface area contributed by atoms with Crippen LogP contribution in [0.2, 0.25) is 0 Å². The number of rotatable bonds is 2. The van der Waals surface area contributed by atoms with Gasteiger partial charge in [0.1, 0.15) is 5.82 Å². The van der Waals surface area contributed by atoms with Crippen molar-refractivity contribution in [3.8, 4) is 0 Å². The second-order valence-electron chi connectivity index (χ2n) is 7.37. The van der Waals surface area contributed by atoms with Gasteiger partial charge in [0.15, 0.2) is 5.58 Å². The zero-order valence-corrected chi connectivity index (χ0v) is 15.5. The van der Waals surface area contributed by atoms with Crippen LogP contribution in [0.3, 0.4) is 0 Å². The molecule has 0 aliphatic carbocycles. The van der Waals surface area contributed by atoms with Crippen LogP contribution < -0.4 is 5.56 Å². The Hall–Kier alpha value is -3.48. The SMILES string of the molecule is O=C(c1cc(=O)[nH]c2ccccc12)N1CCC(c2noc3cc(F)ccc23)CC1. The Labute approximate surface area is 164 Å². The van der Waals surface area contributed by atoms with Crippen molar-refractivity contribution in [2.45, 2.75) is 18.8 Å². The third-order valence-corrected chi connectivity index (χ3v) is 5.61. The number of likely N-dealkylation sites (tertiary alicyclic amines) is 1. The minimum absolute atomic E-state index is 0.140. The van der Waals surface area contributed by atoms with Crippen LogP contribution >= 0.6 is 0 Å². The van der Waals surface area contributed by atoms with Gasteiger partial charge in [-0.15, -0.1) is 0 Å². The summed E-state index contributed by atoms with van der Waals surface area (Å²) in [4.78, 5) is 29.6. The largest absolute Gasteiger partial charge is 0.356 e. The Balaban J connectivity index is 1.38. The molecule has 3 heterocycles. The topological polar surface area (TPSA) is 79.2 Å². The molecule has 7 heteroatoms. The molecule has 2 aromatic carbocycles. The van der Waals surface area contributed by atoms with Crippen LogP contribution in [0.25, 0.3) is 21.9 Å². The molecule has 2 aromatic heterocycles. The number of aromatic amines is 1. The molecule has 0 unspecified atom stereocenters. The number of aromatic nitrogens is 2. The maximum absolute atomic E-state index is 13.4. The lowest BCUT2D eigenvalue weighted by Gasteiger charge is -2.31. The number of carbonyl (C=O) groups is 1. The summed E-state index contributed by atoms with van der Waals surface area (Å²) < 4.78 is 18.7. The predicted octanol–water partition coefficient (Wildman–Crippen LogP) is 3.83. The van der Waals surface area contributed by atoms with E-state index in [1.165, 1.54) is 18.2 Å². The number of hydrogen-bond acceptors (Lipinski definition) is 4. The van der Waals surface area contributed by atoms with Gasteiger partial charge in [0.2, 0.25) is 5.56 Å². The molecule has 6 nitrogen and oxygen atoms in total. The van der Waals surface area contributed by atoms with Crippen molar-refractivity contribution in [1.29, 1.82) is 0 Å². The van der Waals surface area contributed by atoms with Gasteiger partial charge in [0.05, 0.1) is 11.3 Å². The van der Waals surface area contributed by atoms with E-state index >= 15 is 0 Å². The standard InChI is InChI=1S/C22H18FN3O3/c23-14-5-6-16-19(11-14)29-25-21(16)13-7-9-26(10-8-13)22(28)17-12-20(27)24-18-4-2-1-3-15(17)18/h1-6,11-13H,7-10H2,(H,24,27). The lowest BCUT2D eigenvalue weighted by Crippen LogP contribution is -2.38. The molecule has 0 radical (unpaired) electrons. The number of nitrogens with one attached hydrogen (secondary N) is 1. The monoisotopic (exact) mass is 391 g/mol. The van der Waals surface area contributed by atoms with Gasteiger partial charge < -0.3 is 14.4 Å². The van der Waals surface area contributed by atoms with Crippen LogP contribution in [0, 0.1) is 5.82 Å². The molecule has 1 N–H and O–H groups in total. The first-order valence-corrected chi connectivity index (χ1v) is 9.56. The van der Waals surface area contributed by atoms with Gasteiger partial charge in [0.25, 0.3) is 5.91 Å². The van der Waals surface area contributed by atoms with Crippen LogP contribution in [0.1, 0.15) is 34.8 Å². The molecule has 0 atom stereocenters. The number of pyridine rings is 1. The number of H-pyrrole nitrogens is 1. The van der Waals surface area contributed by atoms with Crippen molar-refractivity contribution in [2.75, 3.05) is 13.1 Å². The molecule has 1 aliphatic rings. The van der Waals surface area contributed by atoms with Crippen molar-refractivity contribution < 1.29 is 13.7 Å². The highest BCUT2D eigenvalue weighted by Crippen LogP contribution is 2.33. The highest BCUT2D eigenvalue weighted by atomic mass is 19.1. The van der Waals surface area contributed by atoms with E-state index in [1.807, 2.05) is 18.2 Å². The number of halogens is 1. The summed E-state index contributed by atoms with van der Waals surface area (Å²) in [5.74, 6) is -0.356. The Morgan fingerprint density at radius 2 is 1.90 bits per heavy atom. The number of piperidine rings is 1. The van der Waals surface area contributed by atoms with Crippen molar-refractivity contribution in [2.24, 2.45) is 0 Å². The molecule has 1 aliphatic heterocycles. The predicted molar refractivity (Wildman–Crippen MR) is 106 cm³/mol. The Morgan fingerprint density at radius 3 is 2.72 bits per heavy atom. The van der Waals surface area contributed by atoms with Gasteiger partial charge in [0, 0.05) is 47.4 Å². The van der Waals surface area contributed by atoms with E-state index in [0.29, 0.717) is 29.8 Å². The second kappa shape index (κ2) is 6.84. The normalized spacial score (nSPS) is 15.3. The number of hydrogen-bond donors (Lipinski definition) is 1. The summed E-state index contributed by atoms with van der Waals surface area (Å²) in [6.07, 6.45) is 1.46. The fourth-order valence-electron chi connectivity index (χ4n) is 4.13. The number of fused-ring (bicyclic) bond motifs is 2. The average molecular weight is 391 g/mol. The molecule has 0 saturated carbocycles. The fourth-order valence-corrected chi connectivity index (χ4v) is 4.13. The molecular weight excluding hydrogens is 373 g/mol. The number of carbonyl (C=O) groups excluding carboxylic acids is 1. The van der Waals surface area contributed by atoms with Crippen LogP contribution in [-0.4, -0.2) is 34.0 Å². The number of para-hydroxylation sites is 1. The Bertz CT molecular complexity index is 1290. The maximum atomic E-state index is 13.4. The van der Waals surface area contributed by atoms with Crippen molar-refractivity contribution in [1.82, 2.24) is 15.0 Å². The first-order valence-electron chi connectivity index (χ1n) is 9.56. The van der Waals surface area contributed by atoms with E-state index in [1.54, 1.807) is 17.0 Å². The lowest BCUT2D eigenvalue weighted by atomic mass is 9.91. The Kier molecular flexibility index (Phi) is 4.16. The third kappa shape index (κ3) is 3.08. The van der Waals surface area contributed by atoms with Gasteiger partial charge in [-0.25, -0.2) is 4.39 Å². The van der Waals surface area contributed by atoms with Gasteiger partial charge in [-0.05, 0) is 31.0 Å². The lowest BCUT2D eigenvalue weighted by molar-refractivity contribution is 0.0713. The molecule has 5 rings (SSSR count). The first-order chi connectivity index (χ1) is 14.1. The minimum Gasteiger partial charge on any atom is -0.356 e. The zero-order chi connectivity index (χ0) is 20.0. The van der Waals surface area contributed by atoms with E-state index in [9.17, 15) is 14.0 Å². The van der Waals surface area contributed by atoms with Crippen molar-refractivity contribution >= 4 is 27.8 Å². The minimum atomic E-state index is -0.356. The van der Waals surface area contributed by atoms with Gasteiger partial charge >= 0.3 is 0 Å². The fraction of sp³-hybridized carbons (Fsp3) is 0.227. The summed E-state index contributed by atoms with van der Waals surface area (Å²) >= 11 is 0. The molecule has 1 saturated heterocycles. The van der Waals surface area contributed by atoms with E-state index in [-0.39, 0.29) is 23.2 Å². The zero-order valence-electron chi connectivity index (χ0n) is 15.5. The van der Waals surface area contributed by atoms with Crippen molar-refractivity contribution in [3.63, 3.8) is 0 Å². The summed E-state index contributed by atoms with van der Waals surface area (Å²) in [6, 6.07) is 13.1. The molecule has 0 bridgehead atoms. The van der Waals surface area contributed by atoms with Gasteiger partial charge in [-0.3, -0.25) is 9.59 Å². The van der Waals surface area contributed by atoms with Gasteiger partial charge in [-0.2, -0.15) is 0 Å². The smallest absolute Gasteiger partial charge is 0.254 e. The van der Waals surface area contributed by atoms with Crippen LogP contribution in [-0.2, 0) is 0 Å². The molecule has 4 aromatic rings. The molecular formula is C22H18FN3O3. The third-order valence-electron chi connectivity index (χ3n) is 5.61. The van der Waals surface area contributed by atoms with Crippen molar-refractivity contribution in [3.05, 3.63) is 76.0 Å². The summed E-state index contributed by atoms with van der Waals surface area (Å²) in [5.41, 5.74) is 2.04. The second-order valence-corrected chi connectivity index (χ2v) is 7.37. The molecule has 1 fully saturated rings. The Morgan fingerprint density at radius 1 is 1.10 bits per heavy atom. The van der Waals surface area contributed by atoms with Crippen LogP contribution in [0.5, 0.6) is 0 Å². The average Bonchev–Trinajstić information content (AvgIpc) is 3.15. The molecule has 146 valence electrons. The number of benzene rings is 2. The van der Waals surface area contributed by atoms with E-state index in [2.05, 4.69) is 10.1 Å². The molecule has 1 amide bonds. The highest BCUT2D eigenvalue weighted by Gasteiger charge is 2.28. The van der Waals surface area contributed by atoms with E-state index in [4.69, 9.17) is 4.52 Å². The van der Waals surface area contributed by atoms with E-state index < -0.39 is 0 Å². The maximum Gasteiger partial charge on any atom is 0.254 e. The summed E-state index contributed by atoms with van der Waals surface area (Å²) in [7, 11) is 0. The molecule has 0 spiro atoms.